The van der Waals surface area contributed by atoms with Gasteiger partial charge >= 0.3 is 6.18 Å². The largest absolute Gasteiger partial charge is 0.416 e. The number of halogens is 3. The first-order valence-corrected chi connectivity index (χ1v) is 4.52. The van der Waals surface area contributed by atoms with Crippen LogP contribution in [0.15, 0.2) is 18.2 Å². The number of hydrogen-bond donors (Lipinski definition) is 2. The summed E-state index contributed by atoms with van der Waals surface area (Å²) in [5, 5.41) is 21.9. The van der Waals surface area contributed by atoms with Gasteiger partial charge in [-0.3, -0.25) is 10.1 Å². The van der Waals surface area contributed by atoms with Crippen LogP contribution in [0, 0.1) is 10.1 Å². The van der Waals surface area contributed by atoms with Gasteiger partial charge in [-0.1, -0.05) is 0 Å². The number of nitrogens with one attached hydrogen (secondary N) is 1. The summed E-state index contributed by atoms with van der Waals surface area (Å²) in [6.07, 6.45) is -5.75. The molecule has 0 radical (unpaired) electrons. The lowest BCUT2D eigenvalue weighted by atomic mass is 10.1. The van der Waals surface area contributed by atoms with Crippen molar-refractivity contribution in [3.63, 3.8) is 0 Å². The number of alkyl halides is 3. The van der Waals surface area contributed by atoms with Crippen molar-refractivity contribution >= 4 is 11.4 Å². The van der Waals surface area contributed by atoms with Crippen molar-refractivity contribution in [1.29, 1.82) is 0 Å². The standard InChI is InChI=1S/C9H9F3N2O3/c1-5(15)13-7-3-2-6(9(10,11)12)4-8(7)14(16)17/h2-5,13,15H,1H3/t5-/m1/s1. The van der Waals surface area contributed by atoms with E-state index in [-0.39, 0.29) is 5.69 Å². The van der Waals surface area contributed by atoms with Crippen molar-refractivity contribution in [1.82, 2.24) is 0 Å². The summed E-state index contributed by atoms with van der Waals surface area (Å²) in [5.74, 6) is 0. The molecule has 0 aliphatic rings. The highest BCUT2D eigenvalue weighted by Gasteiger charge is 2.33. The number of benzene rings is 1. The molecule has 1 aromatic carbocycles. The minimum absolute atomic E-state index is 0.169. The second-order valence-electron chi connectivity index (χ2n) is 3.31. The molecule has 0 unspecified atom stereocenters. The second kappa shape index (κ2) is 4.58. The first kappa shape index (κ1) is 13.2. The van der Waals surface area contributed by atoms with E-state index in [2.05, 4.69) is 5.32 Å². The van der Waals surface area contributed by atoms with Crippen LogP contribution >= 0.6 is 0 Å². The van der Waals surface area contributed by atoms with Gasteiger partial charge in [-0.15, -0.1) is 0 Å². The van der Waals surface area contributed by atoms with E-state index in [4.69, 9.17) is 5.11 Å². The molecule has 1 rings (SSSR count). The Hall–Kier alpha value is -1.83. The summed E-state index contributed by atoms with van der Waals surface area (Å²) in [6.45, 7) is 1.29. The average Bonchev–Trinajstić information content (AvgIpc) is 2.15. The van der Waals surface area contributed by atoms with Crippen LogP contribution in [0.3, 0.4) is 0 Å². The molecule has 2 N–H and O–H groups in total. The van der Waals surface area contributed by atoms with E-state index >= 15 is 0 Å². The zero-order chi connectivity index (χ0) is 13.2. The molecule has 0 aromatic heterocycles. The van der Waals surface area contributed by atoms with Crippen LogP contribution in [-0.2, 0) is 6.18 Å². The summed E-state index contributed by atoms with van der Waals surface area (Å²) >= 11 is 0. The summed E-state index contributed by atoms with van der Waals surface area (Å²) in [6, 6.07) is 2.04. The smallest absolute Gasteiger partial charge is 0.374 e. The van der Waals surface area contributed by atoms with Gasteiger partial charge in [0.15, 0.2) is 0 Å². The molecule has 0 heterocycles. The van der Waals surface area contributed by atoms with Gasteiger partial charge in [0.05, 0.1) is 10.5 Å². The maximum atomic E-state index is 12.3. The van der Waals surface area contributed by atoms with Gasteiger partial charge in [0, 0.05) is 6.07 Å². The molecule has 0 saturated carbocycles. The summed E-state index contributed by atoms with van der Waals surface area (Å²) in [4.78, 5) is 9.65. The monoisotopic (exact) mass is 250 g/mol. The van der Waals surface area contributed by atoms with Crippen LogP contribution in [0.5, 0.6) is 0 Å². The summed E-state index contributed by atoms with van der Waals surface area (Å²) in [5.41, 5.74) is -2.01. The first-order valence-electron chi connectivity index (χ1n) is 4.52. The maximum absolute atomic E-state index is 12.3. The van der Waals surface area contributed by atoms with E-state index in [1.54, 1.807) is 0 Å². The fourth-order valence-corrected chi connectivity index (χ4v) is 1.21. The molecule has 0 aliphatic heterocycles. The van der Waals surface area contributed by atoms with Crippen LogP contribution < -0.4 is 5.32 Å². The van der Waals surface area contributed by atoms with Gasteiger partial charge in [0.2, 0.25) is 0 Å². The number of nitrogens with zero attached hydrogens (tertiary/aromatic N) is 1. The Labute approximate surface area is 94.0 Å². The topological polar surface area (TPSA) is 75.4 Å². The van der Waals surface area contributed by atoms with E-state index in [9.17, 15) is 23.3 Å². The van der Waals surface area contributed by atoms with Gasteiger partial charge < -0.3 is 10.4 Å². The van der Waals surface area contributed by atoms with E-state index in [0.29, 0.717) is 12.1 Å². The van der Waals surface area contributed by atoms with Crippen LogP contribution in [0.2, 0.25) is 0 Å². The Morgan fingerprint density at radius 1 is 1.47 bits per heavy atom. The lowest BCUT2D eigenvalue weighted by Crippen LogP contribution is -2.15. The van der Waals surface area contributed by atoms with Crippen molar-refractivity contribution in [2.45, 2.75) is 19.3 Å². The highest BCUT2D eigenvalue weighted by atomic mass is 19.4. The molecule has 0 amide bonds. The number of rotatable bonds is 3. The SMILES string of the molecule is C[C@@H](O)Nc1ccc(C(F)(F)F)cc1[N+](=O)[O-]. The summed E-state index contributed by atoms with van der Waals surface area (Å²) < 4.78 is 37.0. The van der Waals surface area contributed by atoms with Crippen molar-refractivity contribution in [3.05, 3.63) is 33.9 Å². The fourth-order valence-electron chi connectivity index (χ4n) is 1.21. The van der Waals surface area contributed by atoms with Crippen LogP contribution in [-0.4, -0.2) is 16.3 Å². The zero-order valence-corrected chi connectivity index (χ0v) is 8.65. The number of aliphatic hydroxyl groups excluding tert-OH is 1. The normalized spacial score (nSPS) is 13.2. The second-order valence-corrected chi connectivity index (χ2v) is 3.31. The Bertz CT molecular complexity index is 432. The lowest BCUT2D eigenvalue weighted by molar-refractivity contribution is -0.384. The van der Waals surface area contributed by atoms with Gasteiger partial charge in [-0.05, 0) is 19.1 Å². The molecule has 17 heavy (non-hydrogen) atoms. The molecule has 0 aliphatic carbocycles. The highest BCUT2D eigenvalue weighted by Crippen LogP contribution is 2.34. The van der Waals surface area contributed by atoms with E-state index in [0.717, 1.165) is 6.07 Å². The minimum atomic E-state index is -4.64. The highest BCUT2D eigenvalue weighted by molar-refractivity contribution is 5.63. The average molecular weight is 250 g/mol. The number of nitro benzene ring substituents is 1. The summed E-state index contributed by atoms with van der Waals surface area (Å²) in [7, 11) is 0. The Morgan fingerprint density at radius 3 is 2.47 bits per heavy atom. The number of anilines is 1. The zero-order valence-electron chi connectivity index (χ0n) is 8.65. The molecule has 0 bridgehead atoms. The lowest BCUT2D eigenvalue weighted by Gasteiger charge is -2.11. The van der Waals surface area contributed by atoms with Crippen LogP contribution in [0.1, 0.15) is 12.5 Å². The third-order valence-corrected chi connectivity index (χ3v) is 1.89. The van der Waals surface area contributed by atoms with Crippen LogP contribution in [0.4, 0.5) is 24.5 Å². The molecule has 0 fully saturated rings. The Balaban J connectivity index is 3.22. The van der Waals surface area contributed by atoms with Gasteiger partial charge in [-0.25, -0.2) is 0 Å². The minimum Gasteiger partial charge on any atom is -0.374 e. The maximum Gasteiger partial charge on any atom is 0.416 e. The molecule has 1 aromatic rings. The van der Waals surface area contributed by atoms with Crippen molar-refractivity contribution in [2.75, 3.05) is 5.32 Å². The molecule has 0 spiro atoms. The fraction of sp³-hybridized carbons (Fsp3) is 0.333. The van der Waals surface area contributed by atoms with Gasteiger partial charge in [0.1, 0.15) is 11.9 Å². The van der Waals surface area contributed by atoms with Gasteiger partial charge in [-0.2, -0.15) is 13.2 Å². The quantitative estimate of drug-likeness (QED) is 0.490. The molecule has 5 nitrogen and oxygen atoms in total. The number of aliphatic hydroxyl groups is 1. The first-order chi connectivity index (χ1) is 7.71. The third-order valence-electron chi connectivity index (χ3n) is 1.89. The molecule has 1 atom stereocenters. The Kier molecular flexibility index (Phi) is 3.56. The van der Waals surface area contributed by atoms with E-state index < -0.39 is 28.6 Å². The third kappa shape index (κ3) is 3.31. The predicted molar refractivity (Wildman–Crippen MR) is 53.4 cm³/mol. The molecule has 8 heteroatoms. The molecule has 0 saturated heterocycles. The number of hydrogen-bond acceptors (Lipinski definition) is 4. The van der Waals surface area contributed by atoms with Gasteiger partial charge in [0.25, 0.3) is 5.69 Å². The van der Waals surface area contributed by atoms with Crippen molar-refractivity contribution in [2.24, 2.45) is 0 Å². The number of nitro groups is 1. The van der Waals surface area contributed by atoms with E-state index in [1.807, 2.05) is 0 Å². The Morgan fingerprint density at radius 2 is 2.06 bits per heavy atom. The van der Waals surface area contributed by atoms with Crippen LogP contribution in [0.25, 0.3) is 0 Å². The van der Waals surface area contributed by atoms with Crippen molar-refractivity contribution in [3.8, 4) is 0 Å². The molecule has 94 valence electrons. The molecular formula is C9H9F3N2O3. The predicted octanol–water partition coefficient (Wildman–Crippen LogP) is 2.36. The molecular weight excluding hydrogens is 241 g/mol. The van der Waals surface area contributed by atoms with Crippen molar-refractivity contribution < 1.29 is 23.2 Å². The van der Waals surface area contributed by atoms with E-state index in [1.165, 1.54) is 6.92 Å².